The van der Waals surface area contributed by atoms with Crippen LogP contribution in [0.3, 0.4) is 0 Å². The number of fused-ring (bicyclic) bond motifs is 3. The monoisotopic (exact) mass is 310 g/mol. The van der Waals surface area contributed by atoms with E-state index in [-0.39, 0.29) is 12.2 Å². The topological polar surface area (TPSA) is 58.1 Å². The van der Waals surface area contributed by atoms with E-state index < -0.39 is 5.60 Å². The molecule has 2 N–H and O–H groups in total. The minimum absolute atomic E-state index is 0.0885. The number of nitrogens with one attached hydrogen (secondary N) is 1. The molecule has 1 saturated heterocycles. The fraction of sp³-hybridized carbons (Fsp3) is 0.421. The molecule has 0 saturated carbocycles. The van der Waals surface area contributed by atoms with Crippen LogP contribution < -0.4 is 0 Å². The Bertz CT molecular complexity index is 847. The van der Waals surface area contributed by atoms with E-state index in [9.17, 15) is 5.11 Å². The summed E-state index contributed by atoms with van der Waals surface area (Å²) < 4.78 is 6.05. The highest BCUT2D eigenvalue weighted by atomic mass is 16.5. The molecule has 1 aliphatic heterocycles. The van der Waals surface area contributed by atoms with Crippen LogP contribution in [0.25, 0.3) is 21.8 Å². The minimum atomic E-state index is -0.782. The average molecular weight is 310 g/mol. The van der Waals surface area contributed by atoms with Gasteiger partial charge in [-0.05, 0) is 38.8 Å². The van der Waals surface area contributed by atoms with Gasteiger partial charge < -0.3 is 14.8 Å². The maximum absolute atomic E-state index is 10.1. The van der Waals surface area contributed by atoms with Crippen molar-refractivity contribution in [2.45, 2.75) is 50.9 Å². The van der Waals surface area contributed by atoms with Gasteiger partial charge >= 0.3 is 0 Å². The van der Waals surface area contributed by atoms with E-state index in [1.807, 2.05) is 26.1 Å². The number of hydrogen-bond acceptors (Lipinski definition) is 3. The second-order valence-electron chi connectivity index (χ2n) is 7.03. The van der Waals surface area contributed by atoms with Gasteiger partial charge in [-0.2, -0.15) is 0 Å². The number of aromatic amines is 1. The number of aliphatic hydroxyl groups is 1. The van der Waals surface area contributed by atoms with Crippen LogP contribution in [0.1, 0.15) is 32.4 Å². The maximum atomic E-state index is 10.1. The Morgan fingerprint density at radius 3 is 2.83 bits per heavy atom. The number of H-pyrrole nitrogens is 1. The number of hydrogen-bond donors (Lipinski definition) is 2. The Labute approximate surface area is 135 Å². The van der Waals surface area contributed by atoms with E-state index in [4.69, 9.17) is 4.74 Å². The van der Waals surface area contributed by atoms with E-state index in [0.717, 1.165) is 36.0 Å². The highest BCUT2D eigenvalue weighted by Gasteiger charge is 2.35. The fourth-order valence-corrected chi connectivity index (χ4v) is 3.58. The molecular weight excluding hydrogens is 288 g/mol. The molecule has 0 unspecified atom stereocenters. The molecule has 2 aromatic heterocycles. The Balaban J connectivity index is 1.65. The van der Waals surface area contributed by atoms with Crippen LogP contribution in [0.2, 0.25) is 0 Å². The summed E-state index contributed by atoms with van der Waals surface area (Å²) >= 11 is 0. The van der Waals surface area contributed by atoms with E-state index >= 15 is 0 Å². The molecule has 3 heterocycles. The van der Waals surface area contributed by atoms with Gasteiger partial charge in [0.25, 0.3) is 0 Å². The second-order valence-corrected chi connectivity index (χ2v) is 7.03. The summed E-state index contributed by atoms with van der Waals surface area (Å²) in [4.78, 5) is 8.07. The Kier molecular flexibility index (Phi) is 3.39. The number of nitrogens with zero attached hydrogens (tertiary/aromatic N) is 1. The Morgan fingerprint density at radius 1 is 1.22 bits per heavy atom. The lowest BCUT2D eigenvalue weighted by atomic mass is 9.99. The van der Waals surface area contributed by atoms with Crippen molar-refractivity contribution in [2.24, 2.45) is 0 Å². The lowest BCUT2D eigenvalue weighted by molar-refractivity contribution is -0.0822. The van der Waals surface area contributed by atoms with Crippen molar-refractivity contribution in [1.29, 1.82) is 0 Å². The fourth-order valence-electron chi connectivity index (χ4n) is 3.58. The summed E-state index contributed by atoms with van der Waals surface area (Å²) in [5.74, 6) is 0. The molecule has 0 amide bonds. The third-order valence-electron chi connectivity index (χ3n) is 4.82. The zero-order valence-corrected chi connectivity index (χ0v) is 13.5. The van der Waals surface area contributed by atoms with Gasteiger partial charge in [0.15, 0.2) is 0 Å². The standard InChI is InChI=1S/C19H22N2O2/c1-19(2,22)17-8-7-12(23-17)11-16-18-14(9-10-20-16)13-5-3-4-6-15(13)21-18/h3-6,9-10,12,17,21-22H,7-8,11H2,1-2H3/t12-,17+/m1/s1. The molecule has 1 aromatic carbocycles. The number of benzene rings is 1. The molecule has 4 heteroatoms. The number of ether oxygens (including phenoxy) is 1. The highest BCUT2D eigenvalue weighted by Crippen LogP contribution is 2.32. The van der Waals surface area contributed by atoms with Gasteiger partial charge in [0.1, 0.15) is 0 Å². The van der Waals surface area contributed by atoms with Crippen molar-refractivity contribution >= 4 is 21.8 Å². The first-order valence-electron chi connectivity index (χ1n) is 8.24. The van der Waals surface area contributed by atoms with E-state index in [0.29, 0.717) is 0 Å². The molecule has 3 aromatic rings. The van der Waals surface area contributed by atoms with Crippen LogP contribution in [-0.2, 0) is 11.2 Å². The first-order valence-corrected chi connectivity index (χ1v) is 8.24. The van der Waals surface area contributed by atoms with Crippen molar-refractivity contribution < 1.29 is 9.84 Å². The summed E-state index contributed by atoms with van der Waals surface area (Å²) in [5.41, 5.74) is 2.50. The number of rotatable bonds is 3. The van der Waals surface area contributed by atoms with Gasteiger partial charge in [-0.15, -0.1) is 0 Å². The average Bonchev–Trinajstić information content (AvgIpc) is 3.12. The molecular formula is C19H22N2O2. The number of pyridine rings is 1. The molecule has 23 heavy (non-hydrogen) atoms. The minimum Gasteiger partial charge on any atom is -0.388 e. The molecule has 120 valence electrons. The second kappa shape index (κ2) is 5.32. The zero-order valence-electron chi connectivity index (χ0n) is 13.5. The third kappa shape index (κ3) is 2.62. The predicted octanol–water partition coefficient (Wildman–Crippen LogP) is 3.58. The summed E-state index contributed by atoms with van der Waals surface area (Å²) in [6.45, 7) is 3.63. The van der Waals surface area contributed by atoms with Gasteiger partial charge in [-0.3, -0.25) is 4.98 Å². The third-order valence-corrected chi connectivity index (χ3v) is 4.82. The van der Waals surface area contributed by atoms with Crippen LogP contribution in [0.15, 0.2) is 36.5 Å². The smallest absolute Gasteiger partial charge is 0.0861 e. The molecule has 0 bridgehead atoms. The normalized spacial score (nSPS) is 22.2. The van der Waals surface area contributed by atoms with Crippen LogP contribution in [0.4, 0.5) is 0 Å². The Morgan fingerprint density at radius 2 is 2.04 bits per heavy atom. The molecule has 1 aliphatic rings. The molecule has 0 spiro atoms. The van der Waals surface area contributed by atoms with Crippen LogP contribution >= 0.6 is 0 Å². The van der Waals surface area contributed by atoms with Crippen molar-refractivity contribution in [3.63, 3.8) is 0 Å². The Hall–Kier alpha value is -1.91. The largest absolute Gasteiger partial charge is 0.388 e. The summed E-state index contributed by atoms with van der Waals surface area (Å²) in [6, 6.07) is 10.4. The molecule has 1 fully saturated rings. The van der Waals surface area contributed by atoms with Crippen molar-refractivity contribution in [3.8, 4) is 0 Å². The van der Waals surface area contributed by atoms with Gasteiger partial charge in [0, 0.05) is 28.9 Å². The SMILES string of the molecule is CC(C)(O)[C@@H]1CC[C@H](Cc2nccc3c2[nH]c2ccccc23)O1. The first kappa shape index (κ1) is 14.7. The lowest BCUT2D eigenvalue weighted by Crippen LogP contribution is -2.36. The molecule has 4 rings (SSSR count). The molecule has 2 atom stereocenters. The number of para-hydroxylation sites is 1. The van der Waals surface area contributed by atoms with E-state index in [1.54, 1.807) is 0 Å². The van der Waals surface area contributed by atoms with Crippen molar-refractivity contribution in [1.82, 2.24) is 9.97 Å². The molecule has 0 radical (unpaired) electrons. The predicted molar refractivity (Wildman–Crippen MR) is 91.5 cm³/mol. The summed E-state index contributed by atoms with van der Waals surface area (Å²) in [7, 11) is 0. The summed E-state index contributed by atoms with van der Waals surface area (Å²) in [5, 5.41) is 12.6. The van der Waals surface area contributed by atoms with Gasteiger partial charge in [0.2, 0.25) is 0 Å². The maximum Gasteiger partial charge on any atom is 0.0861 e. The zero-order chi connectivity index (χ0) is 16.0. The molecule has 4 nitrogen and oxygen atoms in total. The van der Waals surface area contributed by atoms with Crippen molar-refractivity contribution in [2.75, 3.05) is 0 Å². The quantitative estimate of drug-likeness (QED) is 0.777. The van der Waals surface area contributed by atoms with Gasteiger partial charge in [-0.25, -0.2) is 0 Å². The van der Waals surface area contributed by atoms with Gasteiger partial charge in [-0.1, -0.05) is 18.2 Å². The van der Waals surface area contributed by atoms with E-state index in [2.05, 4.69) is 34.2 Å². The van der Waals surface area contributed by atoms with Gasteiger partial charge in [0.05, 0.1) is 29.0 Å². The van der Waals surface area contributed by atoms with Crippen molar-refractivity contribution in [3.05, 3.63) is 42.2 Å². The molecule has 0 aliphatic carbocycles. The highest BCUT2D eigenvalue weighted by molar-refractivity contribution is 6.07. The lowest BCUT2D eigenvalue weighted by Gasteiger charge is -2.25. The van der Waals surface area contributed by atoms with Crippen LogP contribution in [0, 0.1) is 0 Å². The first-order chi connectivity index (χ1) is 11.0. The number of aromatic nitrogens is 2. The van der Waals surface area contributed by atoms with E-state index in [1.165, 1.54) is 10.8 Å². The van der Waals surface area contributed by atoms with Crippen LogP contribution in [0.5, 0.6) is 0 Å². The summed E-state index contributed by atoms with van der Waals surface area (Å²) in [6.07, 6.45) is 4.55. The van der Waals surface area contributed by atoms with Crippen LogP contribution in [-0.4, -0.2) is 32.9 Å².